The number of anilines is 1. The summed E-state index contributed by atoms with van der Waals surface area (Å²) < 4.78 is 38.0. The Morgan fingerprint density at radius 2 is 1.93 bits per heavy atom. The summed E-state index contributed by atoms with van der Waals surface area (Å²) in [6, 6.07) is 11.8. The molecule has 8 nitrogen and oxygen atoms in total. The summed E-state index contributed by atoms with van der Waals surface area (Å²) in [5.74, 6) is 1.08. The molecule has 0 aliphatic heterocycles. The molecule has 150 valence electrons. The van der Waals surface area contributed by atoms with E-state index in [-0.39, 0.29) is 23.6 Å². The van der Waals surface area contributed by atoms with Gasteiger partial charge in [-0.1, -0.05) is 12.1 Å². The number of nitrogens with one attached hydrogen (secondary N) is 1. The van der Waals surface area contributed by atoms with Crippen LogP contribution in [0.15, 0.2) is 47.3 Å². The molecule has 0 saturated heterocycles. The maximum atomic E-state index is 12.6. The molecule has 0 atom stereocenters. The summed E-state index contributed by atoms with van der Waals surface area (Å²) in [6.45, 7) is -2.73. The fourth-order valence-electron chi connectivity index (χ4n) is 3.16. The Morgan fingerprint density at radius 3 is 2.69 bits per heavy atom. The first-order valence-electron chi connectivity index (χ1n) is 8.68. The van der Waals surface area contributed by atoms with Gasteiger partial charge in [0.05, 0.1) is 24.6 Å². The van der Waals surface area contributed by atoms with Crippen molar-refractivity contribution in [3.8, 4) is 11.5 Å². The number of aryl methyl sites for hydroxylation is 1. The summed E-state index contributed by atoms with van der Waals surface area (Å²) in [6.07, 6.45) is 0. The van der Waals surface area contributed by atoms with Gasteiger partial charge in [0.15, 0.2) is 17.3 Å². The molecule has 2 heterocycles. The van der Waals surface area contributed by atoms with Crippen LogP contribution in [0, 0.1) is 0 Å². The van der Waals surface area contributed by atoms with E-state index in [9.17, 15) is 13.6 Å². The van der Waals surface area contributed by atoms with E-state index >= 15 is 0 Å². The van der Waals surface area contributed by atoms with E-state index in [0.29, 0.717) is 28.2 Å². The summed E-state index contributed by atoms with van der Waals surface area (Å²) in [5.41, 5.74) is 1.06. The topological polar surface area (TPSA) is 82.7 Å². The number of methoxy groups -OCH3 is 1. The zero-order chi connectivity index (χ0) is 20.5. The first-order valence-corrected chi connectivity index (χ1v) is 8.68. The van der Waals surface area contributed by atoms with Crippen molar-refractivity contribution in [3.05, 3.63) is 58.6 Å². The summed E-state index contributed by atoms with van der Waals surface area (Å²) in [5, 5.41) is 12.0. The maximum Gasteiger partial charge on any atom is 0.387 e. The minimum absolute atomic E-state index is 0.0774. The normalized spacial score (nSPS) is 11.3. The molecule has 0 saturated carbocycles. The molecule has 0 aliphatic rings. The lowest BCUT2D eigenvalue weighted by atomic mass is 10.2. The molecule has 4 aromatic rings. The second-order valence-corrected chi connectivity index (χ2v) is 6.23. The number of hydrogen-bond donors (Lipinski definition) is 1. The third-order valence-electron chi connectivity index (χ3n) is 4.52. The molecule has 2 aromatic heterocycles. The highest BCUT2D eigenvalue weighted by Crippen LogP contribution is 2.31. The fourth-order valence-corrected chi connectivity index (χ4v) is 3.16. The monoisotopic (exact) mass is 401 g/mol. The van der Waals surface area contributed by atoms with Crippen LogP contribution in [-0.4, -0.2) is 32.9 Å². The first-order chi connectivity index (χ1) is 14.0. The number of rotatable bonds is 6. The largest absolute Gasteiger partial charge is 0.493 e. The van der Waals surface area contributed by atoms with Crippen LogP contribution in [0.1, 0.15) is 5.82 Å². The van der Waals surface area contributed by atoms with Gasteiger partial charge in [0, 0.05) is 18.8 Å². The molecule has 10 heteroatoms. The van der Waals surface area contributed by atoms with Gasteiger partial charge in [0.25, 0.3) is 5.56 Å². The zero-order valence-corrected chi connectivity index (χ0v) is 15.6. The van der Waals surface area contributed by atoms with E-state index in [0.717, 1.165) is 0 Å². The van der Waals surface area contributed by atoms with Gasteiger partial charge >= 0.3 is 6.61 Å². The summed E-state index contributed by atoms with van der Waals surface area (Å²) in [7, 11) is 3.01. The lowest BCUT2D eigenvalue weighted by Crippen LogP contribution is -2.20. The van der Waals surface area contributed by atoms with Gasteiger partial charge in [-0.25, -0.2) is 0 Å². The number of nitrogens with zero attached hydrogens (tertiary/aromatic N) is 4. The van der Waals surface area contributed by atoms with Crippen molar-refractivity contribution in [2.24, 2.45) is 7.05 Å². The number of fused-ring (bicyclic) bond motifs is 3. The Balaban J connectivity index is 1.70. The molecule has 0 bridgehead atoms. The Labute approximate surface area is 163 Å². The highest BCUT2D eigenvalue weighted by molar-refractivity contribution is 5.80. The van der Waals surface area contributed by atoms with Gasteiger partial charge in [0.1, 0.15) is 0 Å². The van der Waals surface area contributed by atoms with E-state index in [1.807, 2.05) is 12.1 Å². The first kappa shape index (κ1) is 18.7. The molecule has 0 fully saturated rings. The van der Waals surface area contributed by atoms with Crippen LogP contribution in [0.5, 0.6) is 11.5 Å². The van der Waals surface area contributed by atoms with Crippen LogP contribution in [0.2, 0.25) is 0 Å². The number of ether oxygens (including phenoxy) is 2. The van der Waals surface area contributed by atoms with Crippen molar-refractivity contribution in [2.75, 3.05) is 12.4 Å². The van der Waals surface area contributed by atoms with Crippen LogP contribution in [0.4, 0.5) is 14.5 Å². The molecule has 1 N–H and O–H groups in total. The van der Waals surface area contributed by atoms with E-state index in [1.54, 1.807) is 29.6 Å². The maximum absolute atomic E-state index is 12.6. The van der Waals surface area contributed by atoms with E-state index in [1.165, 1.54) is 23.8 Å². The second-order valence-electron chi connectivity index (χ2n) is 6.23. The van der Waals surface area contributed by atoms with Gasteiger partial charge in [-0.3, -0.25) is 13.8 Å². The van der Waals surface area contributed by atoms with Gasteiger partial charge < -0.3 is 14.8 Å². The predicted molar refractivity (Wildman–Crippen MR) is 103 cm³/mol. The van der Waals surface area contributed by atoms with Crippen LogP contribution in [0.25, 0.3) is 16.7 Å². The highest BCUT2D eigenvalue weighted by atomic mass is 19.3. The summed E-state index contributed by atoms with van der Waals surface area (Å²) in [4.78, 5) is 12.5. The Bertz CT molecular complexity index is 1250. The standard InChI is InChI=1S/C19H17F2N5O3/c1-25-17(27)12-5-3-4-6-13(12)26-16(23-24-19(25)26)10-22-11-7-8-14(28-2)15(9-11)29-18(20)21/h3-9,18,22H,10H2,1-2H3. The average molecular weight is 401 g/mol. The average Bonchev–Trinajstić information content (AvgIpc) is 3.14. The van der Waals surface area contributed by atoms with Gasteiger partial charge in [-0.05, 0) is 24.3 Å². The molecular formula is C19H17F2N5O3. The number of aromatic nitrogens is 4. The Morgan fingerprint density at radius 1 is 1.14 bits per heavy atom. The van der Waals surface area contributed by atoms with Crippen molar-refractivity contribution in [2.45, 2.75) is 13.2 Å². The molecule has 0 unspecified atom stereocenters. The summed E-state index contributed by atoms with van der Waals surface area (Å²) >= 11 is 0. The van der Waals surface area contributed by atoms with Crippen LogP contribution in [0.3, 0.4) is 0 Å². The van der Waals surface area contributed by atoms with Crippen LogP contribution in [-0.2, 0) is 13.6 Å². The molecule has 29 heavy (non-hydrogen) atoms. The van der Waals surface area contributed by atoms with E-state index in [4.69, 9.17) is 4.74 Å². The van der Waals surface area contributed by atoms with Crippen molar-refractivity contribution in [3.63, 3.8) is 0 Å². The third kappa shape index (κ3) is 3.33. The minimum atomic E-state index is -2.97. The fraction of sp³-hybridized carbons (Fsp3) is 0.211. The van der Waals surface area contributed by atoms with Crippen molar-refractivity contribution >= 4 is 22.4 Å². The quantitative estimate of drug-likeness (QED) is 0.535. The second kappa shape index (κ2) is 7.38. The van der Waals surface area contributed by atoms with Gasteiger partial charge in [-0.2, -0.15) is 8.78 Å². The molecule has 4 rings (SSSR count). The lowest BCUT2D eigenvalue weighted by Gasteiger charge is -2.13. The molecule has 0 aliphatic carbocycles. The molecule has 0 amide bonds. The zero-order valence-electron chi connectivity index (χ0n) is 15.6. The number of hydrogen-bond acceptors (Lipinski definition) is 6. The van der Waals surface area contributed by atoms with Crippen molar-refractivity contribution in [1.29, 1.82) is 0 Å². The molecule has 2 aromatic carbocycles. The molecule has 0 spiro atoms. The number of alkyl halides is 2. The van der Waals surface area contributed by atoms with Crippen molar-refractivity contribution < 1.29 is 18.3 Å². The number of halogens is 2. The Hall–Kier alpha value is -3.69. The SMILES string of the molecule is COc1ccc(NCc2nnc3n(C)c(=O)c4ccccc4n23)cc1OC(F)F. The number of para-hydroxylation sites is 1. The molecule has 0 radical (unpaired) electrons. The number of benzene rings is 2. The van der Waals surface area contributed by atoms with Crippen LogP contribution < -0.4 is 20.3 Å². The lowest BCUT2D eigenvalue weighted by molar-refractivity contribution is -0.0511. The third-order valence-corrected chi connectivity index (χ3v) is 4.52. The van der Waals surface area contributed by atoms with Gasteiger partial charge in [-0.15, -0.1) is 10.2 Å². The van der Waals surface area contributed by atoms with Crippen molar-refractivity contribution in [1.82, 2.24) is 19.2 Å². The van der Waals surface area contributed by atoms with Crippen LogP contribution >= 0.6 is 0 Å². The smallest absolute Gasteiger partial charge is 0.387 e. The predicted octanol–water partition coefficient (Wildman–Crippen LogP) is 2.80. The molecular weight excluding hydrogens is 384 g/mol. The Kier molecular flexibility index (Phi) is 4.75. The van der Waals surface area contributed by atoms with E-state index in [2.05, 4.69) is 20.3 Å². The minimum Gasteiger partial charge on any atom is -0.493 e. The van der Waals surface area contributed by atoms with E-state index < -0.39 is 6.61 Å². The highest BCUT2D eigenvalue weighted by Gasteiger charge is 2.15. The van der Waals surface area contributed by atoms with Gasteiger partial charge in [0.2, 0.25) is 5.78 Å².